The van der Waals surface area contributed by atoms with Crippen molar-refractivity contribution in [1.82, 2.24) is 9.13 Å². The average Bonchev–Trinajstić information content (AvgIpc) is 2.73. The standard InChI is InChI=1S/2C12H11NO2/c2*1-9-2-7-12(15)13(8-9)10-3-5-11(14)6-4-10/h2*2-8,14H,1H3. The third-order valence-corrected chi connectivity index (χ3v) is 4.37. The summed E-state index contributed by atoms with van der Waals surface area (Å²) in [6.45, 7) is 3.85. The highest BCUT2D eigenvalue weighted by Crippen LogP contribution is 2.13. The number of rotatable bonds is 2. The second kappa shape index (κ2) is 8.96. The van der Waals surface area contributed by atoms with E-state index in [1.54, 1.807) is 82.2 Å². The number of phenolic OH excluding ortho intramolecular Hbond substituents is 2. The second-order valence-electron chi connectivity index (χ2n) is 6.86. The van der Waals surface area contributed by atoms with Gasteiger partial charge >= 0.3 is 0 Å². The first-order chi connectivity index (χ1) is 14.3. The Morgan fingerprint density at radius 1 is 0.533 bits per heavy atom. The molecule has 6 heteroatoms. The highest BCUT2D eigenvalue weighted by molar-refractivity contribution is 5.38. The molecule has 0 bridgehead atoms. The van der Waals surface area contributed by atoms with E-state index in [4.69, 9.17) is 10.2 Å². The molecule has 0 atom stereocenters. The van der Waals surface area contributed by atoms with E-state index < -0.39 is 0 Å². The molecule has 6 nitrogen and oxygen atoms in total. The van der Waals surface area contributed by atoms with Gasteiger partial charge in [-0.05, 0) is 73.5 Å². The largest absolute Gasteiger partial charge is 0.508 e. The Morgan fingerprint density at radius 2 is 0.867 bits per heavy atom. The molecule has 4 rings (SSSR count). The molecule has 0 aliphatic carbocycles. The summed E-state index contributed by atoms with van der Waals surface area (Å²) in [5.74, 6) is 0.388. The summed E-state index contributed by atoms with van der Waals surface area (Å²) < 4.78 is 3.10. The summed E-state index contributed by atoms with van der Waals surface area (Å²) in [4.78, 5) is 23.1. The van der Waals surface area contributed by atoms with Crippen LogP contribution in [0.25, 0.3) is 11.4 Å². The zero-order valence-corrected chi connectivity index (χ0v) is 16.7. The number of phenols is 2. The molecule has 0 saturated carbocycles. The maximum Gasteiger partial charge on any atom is 0.255 e. The Morgan fingerprint density at radius 3 is 1.20 bits per heavy atom. The summed E-state index contributed by atoms with van der Waals surface area (Å²) in [6, 6.07) is 19.7. The van der Waals surface area contributed by atoms with Crippen LogP contribution in [-0.2, 0) is 0 Å². The van der Waals surface area contributed by atoms with Crippen LogP contribution < -0.4 is 11.1 Å². The smallest absolute Gasteiger partial charge is 0.255 e. The van der Waals surface area contributed by atoms with Gasteiger partial charge < -0.3 is 10.2 Å². The van der Waals surface area contributed by atoms with E-state index in [0.29, 0.717) is 0 Å². The van der Waals surface area contributed by atoms with E-state index in [2.05, 4.69) is 0 Å². The van der Waals surface area contributed by atoms with E-state index in [1.807, 2.05) is 13.8 Å². The molecule has 0 saturated heterocycles. The molecular formula is C24H22N2O4. The fraction of sp³-hybridized carbons (Fsp3) is 0.0833. The van der Waals surface area contributed by atoms with Gasteiger partial charge in [-0.15, -0.1) is 0 Å². The van der Waals surface area contributed by atoms with Crippen molar-refractivity contribution in [2.45, 2.75) is 13.8 Å². The minimum absolute atomic E-state index is 0.0775. The molecule has 0 aliphatic rings. The van der Waals surface area contributed by atoms with Gasteiger partial charge in [0.25, 0.3) is 11.1 Å². The Kier molecular flexibility index (Phi) is 6.17. The van der Waals surface area contributed by atoms with Crippen molar-refractivity contribution in [3.63, 3.8) is 0 Å². The van der Waals surface area contributed by atoms with Gasteiger partial charge in [-0.25, -0.2) is 0 Å². The lowest BCUT2D eigenvalue weighted by molar-refractivity contribution is 0.474. The number of aryl methyl sites for hydroxylation is 2. The van der Waals surface area contributed by atoms with Gasteiger partial charge in [-0.1, -0.05) is 12.1 Å². The molecule has 2 N–H and O–H groups in total. The lowest BCUT2D eigenvalue weighted by atomic mass is 10.2. The highest BCUT2D eigenvalue weighted by atomic mass is 16.3. The van der Waals surface area contributed by atoms with Crippen LogP contribution in [-0.4, -0.2) is 19.3 Å². The molecule has 152 valence electrons. The first-order valence-corrected chi connectivity index (χ1v) is 9.31. The van der Waals surface area contributed by atoms with Gasteiger partial charge in [0.1, 0.15) is 11.5 Å². The summed E-state index contributed by atoms with van der Waals surface area (Å²) in [5.41, 5.74) is 3.38. The Bertz CT molecular complexity index is 1150. The van der Waals surface area contributed by atoms with Crippen LogP contribution >= 0.6 is 0 Å². The van der Waals surface area contributed by atoms with Gasteiger partial charge in [-0.3, -0.25) is 18.7 Å². The summed E-state index contributed by atoms with van der Waals surface area (Å²) in [7, 11) is 0. The van der Waals surface area contributed by atoms with Crippen molar-refractivity contribution in [3.05, 3.63) is 117 Å². The van der Waals surface area contributed by atoms with Crippen molar-refractivity contribution in [2.75, 3.05) is 0 Å². The third-order valence-electron chi connectivity index (χ3n) is 4.37. The minimum Gasteiger partial charge on any atom is -0.508 e. The van der Waals surface area contributed by atoms with Crippen molar-refractivity contribution >= 4 is 0 Å². The Hall–Kier alpha value is -4.06. The van der Waals surface area contributed by atoms with Gasteiger partial charge in [-0.2, -0.15) is 0 Å². The Labute approximate surface area is 173 Å². The monoisotopic (exact) mass is 402 g/mol. The molecule has 0 spiro atoms. The topological polar surface area (TPSA) is 84.5 Å². The molecule has 0 aliphatic heterocycles. The van der Waals surface area contributed by atoms with Crippen molar-refractivity contribution in [3.8, 4) is 22.9 Å². The van der Waals surface area contributed by atoms with Crippen LogP contribution in [0.1, 0.15) is 11.1 Å². The van der Waals surface area contributed by atoms with Crippen LogP contribution in [0.5, 0.6) is 11.5 Å². The maximum absolute atomic E-state index is 11.6. The fourth-order valence-electron chi connectivity index (χ4n) is 2.82. The number of aromatic hydroxyl groups is 2. The van der Waals surface area contributed by atoms with E-state index in [-0.39, 0.29) is 22.6 Å². The molecule has 4 aromatic rings. The second-order valence-corrected chi connectivity index (χ2v) is 6.86. The van der Waals surface area contributed by atoms with E-state index in [9.17, 15) is 9.59 Å². The van der Waals surface area contributed by atoms with Gasteiger partial charge in [0, 0.05) is 35.9 Å². The molecule has 0 fully saturated rings. The van der Waals surface area contributed by atoms with E-state index >= 15 is 0 Å². The third kappa shape index (κ3) is 5.05. The van der Waals surface area contributed by atoms with Crippen LogP contribution in [0.3, 0.4) is 0 Å². The predicted molar refractivity (Wildman–Crippen MR) is 117 cm³/mol. The van der Waals surface area contributed by atoms with Gasteiger partial charge in [0.15, 0.2) is 0 Å². The molecule has 0 radical (unpaired) electrons. The molecule has 30 heavy (non-hydrogen) atoms. The molecular weight excluding hydrogens is 380 g/mol. The van der Waals surface area contributed by atoms with Crippen LogP contribution in [0, 0.1) is 13.8 Å². The van der Waals surface area contributed by atoms with Gasteiger partial charge in [0.2, 0.25) is 0 Å². The molecule has 2 heterocycles. The molecule has 0 unspecified atom stereocenters. The first-order valence-electron chi connectivity index (χ1n) is 9.31. The molecule has 2 aromatic heterocycles. The van der Waals surface area contributed by atoms with Crippen molar-refractivity contribution < 1.29 is 10.2 Å². The normalized spacial score (nSPS) is 10.2. The highest BCUT2D eigenvalue weighted by Gasteiger charge is 2.00. The lowest BCUT2D eigenvalue weighted by Gasteiger charge is -2.05. The number of benzene rings is 2. The lowest BCUT2D eigenvalue weighted by Crippen LogP contribution is -2.16. The van der Waals surface area contributed by atoms with Crippen LogP contribution in [0.4, 0.5) is 0 Å². The van der Waals surface area contributed by atoms with E-state index in [0.717, 1.165) is 22.5 Å². The van der Waals surface area contributed by atoms with Crippen molar-refractivity contribution in [2.24, 2.45) is 0 Å². The fourth-order valence-corrected chi connectivity index (χ4v) is 2.82. The summed E-state index contributed by atoms with van der Waals surface area (Å²) in [5, 5.41) is 18.3. The summed E-state index contributed by atoms with van der Waals surface area (Å²) >= 11 is 0. The average molecular weight is 402 g/mol. The number of hydrogen-bond donors (Lipinski definition) is 2. The van der Waals surface area contributed by atoms with Crippen LogP contribution in [0.15, 0.2) is 94.8 Å². The van der Waals surface area contributed by atoms with E-state index in [1.165, 1.54) is 12.1 Å². The predicted octanol–water partition coefficient (Wildman–Crippen LogP) is 3.70. The summed E-state index contributed by atoms with van der Waals surface area (Å²) in [6.07, 6.45) is 3.55. The zero-order valence-electron chi connectivity index (χ0n) is 16.7. The quantitative estimate of drug-likeness (QED) is 0.535. The van der Waals surface area contributed by atoms with Crippen molar-refractivity contribution in [1.29, 1.82) is 0 Å². The van der Waals surface area contributed by atoms with Gasteiger partial charge in [0.05, 0.1) is 0 Å². The number of pyridine rings is 2. The first kappa shape index (κ1) is 20.7. The van der Waals surface area contributed by atoms with Crippen LogP contribution in [0.2, 0.25) is 0 Å². The SMILES string of the molecule is Cc1ccc(=O)n(-c2ccc(O)cc2)c1.Cc1ccc(=O)n(-c2ccc(O)cc2)c1. The molecule has 2 aromatic carbocycles. The number of hydrogen-bond acceptors (Lipinski definition) is 4. The number of aromatic nitrogens is 2. The number of nitrogens with zero attached hydrogens (tertiary/aromatic N) is 2. The molecule has 0 amide bonds. The zero-order chi connectivity index (χ0) is 21.7. The Balaban J connectivity index is 0.000000171. The maximum atomic E-state index is 11.6. The minimum atomic E-state index is -0.0775.